The van der Waals surface area contributed by atoms with Crippen LogP contribution < -0.4 is 0 Å². The van der Waals surface area contributed by atoms with Crippen LogP contribution in [0.15, 0.2) is 70.8 Å². The average Bonchev–Trinajstić information content (AvgIpc) is 3.34. The first-order chi connectivity index (χ1) is 18.7. The molecule has 0 N–H and O–H groups in total. The molecule has 10 nitrogen and oxygen atoms in total. The fourth-order valence-corrected chi connectivity index (χ4v) is 7.37. The van der Waals surface area contributed by atoms with Gasteiger partial charge in [-0.3, -0.25) is 4.90 Å². The molecule has 0 radical (unpaired) electrons. The zero-order chi connectivity index (χ0) is 27.9. The second-order valence-corrected chi connectivity index (χ2v) is 13.3. The smallest absolute Gasteiger partial charge is 0.243 e. The minimum Gasteiger partial charge on any atom is -0.383 e. The van der Waals surface area contributed by atoms with Crippen molar-refractivity contribution in [1.82, 2.24) is 18.8 Å². The monoisotopic (exact) mass is 576 g/mol. The number of methoxy groups -OCH3 is 1. The molecular weight excluding hydrogens is 540 g/mol. The first-order valence-electron chi connectivity index (χ1n) is 12.9. The number of hydrogen-bond acceptors (Lipinski definition) is 8. The summed E-state index contributed by atoms with van der Waals surface area (Å²) in [6.07, 6.45) is 1.46. The Morgan fingerprint density at radius 1 is 0.974 bits per heavy atom. The molecule has 212 valence electrons. The van der Waals surface area contributed by atoms with Crippen LogP contribution in [0.4, 0.5) is 0 Å². The molecule has 0 spiro atoms. The number of rotatable bonds is 13. The van der Waals surface area contributed by atoms with E-state index in [4.69, 9.17) is 9.47 Å². The van der Waals surface area contributed by atoms with Crippen molar-refractivity contribution in [2.24, 2.45) is 0 Å². The van der Waals surface area contributed by atoms with Crippen molar-refractivity contribution in [3.8, 4) is 0 Å². The van der Waals surface area contributed by atoms with Gasteiger partial charge in [0, 0.05) is 39.8 Å². The Hall–Kier alpha value is -2.61. The summed E-state index contributed by atoms with van der Waals surface area (Å²) in [5.74, 6) is -0.209. The summed E-state index contributed by atoms with van der Waals surface area (Å²) >= 11 is 0. The predicted octanol–water partition coefficient (Wildman–Crippen LogP) is 2.33. The number of ether oxygens (including phenoxy) is 2. The molecule has 0 aliphatic carbocycles. The molecule has 1 saturated heterocycles. The zero-order valence-corrected chi connectivity index (χ0v) is 24.0. The van der Waals surface area contributed by atoms with E-state index in [-0.39, 0.29) is 42.0 Å². The molecule has 2 heterocycles. The van der Waals surface area contributed by atoms with Crippen LogP contribution in [0.1, 0.15) is 16.8 Å². The van der Waals surface area contributed by atoms with Crippen LogP contribution in [0.5, 0.6) is 0 Å². The Morgan fingerprint density at radius 2 is 1.67 bits per heavy atom. The summed E-state index contributed by atoms with van der Waals surface area (Å²) in [6, 6.07) is 15.6. The van der Waals surface area contributed by atoms with E-state index in [0.29, 0.717) is 31.0 Å². The van der Waals surface area contributed by atoms with Crippen molar-refractivity contribution in [1.29, 1.82) is 0 Å². The van der Waals surface area contributed by atoms with Crippen molar-refractivity contribution in [2.45, 2.75) is 35.8 Å². The lowest BCUT2D eigenvalue weighted by molar-refractivity contribution is 0.0361. The van der Waals surface area contributed by atoms with E-state index in [1.165, 1.54) is 17.6 Å². The highest BCUT2D eigenvalue weighted by molar-refractivity contribution is 7.90. The maximum Gasteiger partial charge on any atom is 0.243 e. The molecule has 0 atom stereocenters. The van der Waals surface area contributed by atoms with Crippen molar-refractivity contribution in [2.75, 3.05) is 53.1 Å². The van der Waals surface area contributed by atoms with Gasteiger partial charge in [-0.15, -0.1) is 0 Å². The van der Waals surface area contributed by atoms with Crippen LogP contribution in [0.25, 0.3) is 0 Å². The van der Waals surface area contributed by atoms with E-state index in [9.17, 15) is 16.8 Å². The Labute approximate surface area is 231 Å². The largest absolute Gasteiger partial charge is 0.383 e. The minimum atomic E-state index is -3.88. The van der Waals surface area contributed by atoms with Gasteiger partial charge >= 0.3 is 0 Å². The molecule has 1 aromatic heterocycles. The Kier molecular flexibility index (Phi) is 9.91. The second-order valence-electron chi connectivity index (χ2n) is 9.53. The van der Waals surface area contributed by atoms with Crippen LogP contribution in [0, 0.1) is 6.92 Å². The van der Waals surface area contributed by atoms with Crippen molar-refractivity contribution >= 4 is 19.9 Å². The summed E-state index contributed by atoms with van der Waals surface area (Å²) in [5.41, 5.74) is 2.09. The molecule has 1 aliphatic heterocycles. The van der Waals surface area contributed by atoms with Crippen molar-refractivity contribution < 1.29 is 26.3 Å². The minimum absolute atomic E-state index is 0.0296. The van der Waals surface area contributed by atoms with E-state index >= 15 is 0 Å². The van der Waals surface area contributed by atoms with E-state index in [0.717, 1.165) is 18.7 Å². The predicted molar refractivity (Wildman–Crippen MR) is 147 cm³/mol. The number of benzene rings is 2. The van der Waals surface area contributed by atoms with Crippen LogP contribution >= 0.6 is 0 Å². The van der Waals surface area contributed by atoms with Gasteiger partial charge in [0.2, 0.25) is 25.0 Å². The van der Waals surface area contributed by atoms with Crippen LogP contribution in [0.2, 0.25) is 0 Å². The third-order valence-electron chi connectivity index (χ3n) is 6.66. The third kappa shape index (κ3) is 7.53. The molecule has 0 amide bonds. The van der Waals surface area contributed by atoms with E-state index in [1.54, 1.807) is 53.1 Å². The summed E-state index contributed by atoms with van der Waals surface area (Å²) < 4.78 is 68.0. The Bertz CT molecular complexity index is 1420. The molecule has 12 heteroatoms. The molecule has 3 aromatic rings. The van der Waals surface area contributed by atoms with Crippen LogP contribution in [-0.4, -0.2) is 88.7 Å². The Balaban J connectivity index is 1.66. The van der Waals surface area contributed by atoms with Crippen molar-refractivity contribution in [3.63, 3.8) is 0 Å². The number of aromatic nitrogens is 2. The number of morpholine rings is 1. The number of nitrogens with zero attached hydrogens (tertiary/aromatic N) is 4. The van der Waals surface area contributed by atoms with Gasteiger partial charge in [-0.1, -0.05) is 48.0 Å². The van der Waals surface area contributed by atoms with Crippen LogP contribution in [0.3, 0.4) is 0 Å². The lowest BCUT2D eigenvalue weighted by atomic mass is 10.2. The summed E-state index contributed by atoms with van der Waals surface area (Å²) in [4.78, 5) is 6.63. The normalized spacial score (nSPS) is 15.2. The first-order valence-corrected chi connectivity index (χ1v) is 16.0. The molecular formula is C27H36N4O6S2. The molecule has 4 rings (SSSR count). The maximum absolute atomic E-state index is 13.8. The summed E-state index contributed by atoms with van der Waals surface area (Å²) in [7, 11) is -6.15. The SMILES string of the molecule is COCCn1c(CN(CCN2CCOCC2)S(=O)(=O)c2ccc(C)cc2)cnc1S(=O)(=O)Cc1ccccc1. The Morgan fingerprint density at radius 3 is 2.33 bits per heavy atom. The highest BCUT2D eigenvalue weighted by atomic mass is 32.2. The highest BCUT2D eigenvalue weighted by Gasteiger charge is 2.29. The number of sulfone groups is 1. The van der Waals surface area contributed by atoms with Gasteiger partial charge in [-0.25, -0.2) is 21.8 Å². The average molecular weight is 577 g/mol. The highest BCUT2D eigenvalue weighted by Crippen LogP contribution is 2.23. The standard InChI is InChI=1S/C27H36N4O6S2/c1-23-8-10-26(11-9-23)39(34,35)30(13-12-29-14-18-37-19-15-29)21-25-20-28-27(31(25)16-17-36-2)38(32,33)22-24-6-4-3-5-7-24/h3-11,20H,12-19,21-22H2,1-2H3. The van der Waals surface area contributed by atoms with Gasteiger partial charge in [-0.2, -0.15) is 4.31 Å². The zero-order valence-electron chi connectivity index (χ0n) is 22.4. The number of aryl methyl sites for hydroxylation is 1. The molecule has 39 heavy (non-hydrogen) atoms. The van der Waals surface area contributed by atoms with E-state index < -0.39 is 19.9 Å². The summed E-state index contributed by atoms with van der Waals surface area (Å²) in [5, 5.41) is -0.0979. The molecule has 0 unspecified atom stereocenters. The molecule has 2 aromatic carbocycles. The second kappa shape index (κ2) is 13.2. The lowest BCUT2D eigenvalue weighted by Gasteiger charge is -2.30. The van der Waals surface area contributed by atoms with Gasteiger partial charge in [0.1, 0.15) is 0 Å². The fourth-order valence-electron chi connectivity index (χ4n) is 4.45. The maximum atomic E-state index is 13.8. The van der Waals surface area contributed by atoms with Gasteiger partial charge in [0.25, 0.3) is 0 Å². The summed E-state index contributed by atoms with van der Waals surface area (Å²) in [6.45, 7) is 5.77. The number of sulfonamides is 1. The van der Waals surface area contributed by atoms with Gasteiger partial charge < -0.3 is 14.0 Å². The van der Waals surface area contributed by atoms with Gasteiger partial charge in [-0.05, 0) is 24.6 Å². The lowest BCUT2D eigenvalue weighted by Crippen LogP contribution is -2.43. The quantitative estimate of drug-likeness (QED) is 0.305. The fraction of sp³-hybridized carbons (Fsp3) is 0.444. The molecule has 0 bridgehead atoms. The molecule has 1 aliphatic rings. The van der Waals surface area contributed by atoms with Crippen molar-refractivity contribution in [3.05, 3.63) is 77.6 Å². The number of hydrogen-bond donors (Lipinski definition) is 0. The van der Waals surface area contributed by atoms with Crippen LogP contribution in [-0.2, 0) is 48.2 Å². The van der Waals surface area contributed by atoms with E-state index in [1.807, 2.05) is 13.0 Å². The molecule has 0 saturated carbocycles. The third-order valence-corrected chi connectivity index (χ3v) is 10.1. The molecule has 1 fully saturated rings. The topological polar surface area (TPSA) is 111 Å². The first kappa shape index (κ1) is 29.4. The van der Waals surface area contributed by atoms with Gasteiger partial charge in [0.15, 0.2) is 0 Å². The van der Waals surface area contributed by atoms with E-state index in [2.05, 4.69) is 9.88 Å². The van der Waals surface area contributed by atoms with Gasteiger partial charge in [0.05, 0.1) is 48.9 Å². The number of imidazole rings is 1.